The van der Waals surface area contributed by atoms with Gasteiger partial charge in [-0.15, -0.1) is 0 Å². The molecule has 0 aliphatic heterocycles. The normalized spacial score (nSPS) is 10.9. The fourth-order valence-corrected chi connectivity index (χ4v) is 1.95. The molecule has 0 fully saturated rings. The molecule has 102 valence electrons. The molecule has 5 heteroatoms. The molecule has 0 bridgehead atoms. The molecular formula is C13H24N4O. The van der Waals surface area contributed by atoms with Gasteiger partial charge in [-0.3, -0.25) is 4.79 Å². The van der Waals surface area contributed by atoms with E-state index < -0.39 is 0 Å². The SMILES string of the molecule is CCN(CCCN(C)C)C(=O)c1cc(N)cn1C. The van der Waals surface area contributed by atoms with E-state index in [1.165, 1.54) is 0 Å². The zero-order valence-corrected chi connectivity index (χ0v) is 11.8. The molecule has 0 atom stereocenters. The highest BCUT2D eigenvalue weighted by Crippen LogP contribution is 2.11. The summed E-state index contributed by atoms with van der Waals surface area (Å²) in [5, 5.41) is 0. The molecule has 0 saturated heterocycles. The highest BCUT2D eigenvalue weighted by molar-refractivity contribution is 5.93. The minimum atomic E-state index is 0.0513. The van der Waals surface area contributed by atoms with Crippen molar-refractivity contribution in [2.24, 2.45) is 7.05 Å². The third-order valence-corrected chi connectivity index (χ3v) is 2.95. The van der Waals surface area contributed by atoms with Crippen LogP contribution >= 0.6 is 0 Å². The first kappa shape index (κ1) is 14.6. The smallest absolute Gasteiger partial charge is 0.270 e. The lowest BCUT2D eigenvalue weighted by atomic mass is 10.3. The van der Waals surface area contributed by atoms with Gasteiger partial charge in [0.15, 0.2) is 0 Å². The molecule has 0 unspecified atom stereocenters. The molecule has 1 heterocycles. The Morgan fingerprint density at radius 2 is 2.06 bits per heavy atom. The van der Waals surface area contributed by atoms with E-state index in [-0.39, 0.29) is 5.91 Å². The first-order chi connectivity index (χ1) is 8.45. The summed E-state index contributed by atoms with van der Waals surface area (Å²) in [5.74, 6) is 0.0513. The average molecular weight is 252 g/mol. The Kier molecular flexibility index (Phi) is 5.22. The first-order valence-electron chi connectivity index (χ1n) is 6.31. The van der Waals surface area contributed by atoms with Crippen molar-refractivity contribution in [3.8, 4) is 0 Å². The molecule has 0 aliphatic carbocycles. The number of carbonyl (C=O) groups excluding carboxylic acids is 1. The largest absolute Gasteiger partial charge is 0.397 e. The van der Waals surface area contributed by atoms with Crippen LogP contribution in [-0.4, -0.2) is 54.0 Å². The summed E-state index contributed by atoms with van der Waals surface area (Å²) < 4.78 is 1.78. The van der Waals surface area contributed by atoms with Crippen LogP contribution in [0.5, 0.6) is 0 Å². The molecule has 1 aromatic heterocycles. The maximum Gasteiger partial charge on any atom is 0.270 e. The van der Waals surface area contributed by atoms with Gasteiger partial charge in [-0.05, 0) is 40.1 Å². The number of hydrogen-bond donors (Lipinski definition) is 1. The van der Waals surface area contributed by atoms with Gasteiger partial charge in [-0.2, -0.15) is 0 Å². The number of nitrogens with zero attached hydrogens (tertiary/aromatic N) is 3. The second-order valence-electron chi connectivity index (χ2n) is 4.81. The van der Waals surface area contributed by atoms with Crippen molar-refractivity contribution in [2.75, 3.05) is 39.5 Å². The fourth-order valence-electron chi connectivity index (χ4n) is 1.95. The summed E-state index contributed by atoms with van der Waals surface area (Å²) in [7, 11) is 5.92. The van der Waals surface area contributed by atoms with Gasteiger partial charge in [0.1, 0.15) is 5.69 Å². The predicted octanol–water partition coefficient (Wildman–Crippen LogP) is 1.02. The number of rotatable bonds is 6. The second-order valence-corrected chi connectivity index (χ2v) is 4.81. The molecule has 0 spiro atoms. The van der Waals surface area contributed by atoms with Gasteiger partial charge in [0, 0.05) is 26.3 Å². The predicted molar refractivity (Wildman–Crippen MR) is 74.6 cm³/mol. The quantitative estimate of drug-likeness (QED) is 0.822. The summed E-state index contributed by atoms with van der Waals surface area (Å²) >= 11 is 0. The Bertz CT molecular complexity index is 398. The van der Waals surface area contributed by atoms with E-state index in [0.717, 1.165) is 26.1 Å². The number of nitrogen functional groups attached to an aromatic ring is 1. The van der Waals surface area contributed by atoms with Gasteiger partial charge in [0.25, 0.3) is 5.91 Å². The summed E-state index contributed by atoms with van der Waals surface area (Å²) in [6.45, 7) is 4.48. The van der Waals surface area contributed by atoms with Crippen LogP contribution in [0.2, 0.25) is 0 Å². The van der Waals surface area contributed by atoms with E-state index >= 15 is 0 Å². The number of aromatic nitrogens is 1. The van der Waals surface area contributed by atoms with Crippen molar-refractivity contribution in [3.05, 3.63) is 18.0 Å². The summed E-state index contributed by atoms with van der Waals surface area (Å²) in [5.41, 5.74) is 6.98. The zero-order chi connectivity index (χ0) is 13.7. The van der Waals surface area contributed by atoms with E-state index in [1.807, 2.05) is 33.0 Å². The summed E-state index contributed by atoms with van der Waals surface area (Å²) in [6.07, 6.45) is 2.74. The molecule has 1 amide bonds. The maximum atomic E-state index is 12.3. The standard InChI is InChI=1S/C13H24N4O/c1-5-17(8-6-7-15(2)3)13(18)12-9-11(14)10-16(12)4/h9-10H,5-8,14H2,1-4H3. The third kappa shape index (κ3) is 3.77. The lowest BCUT2D eigenvalue weighted by Gasteiger charge is -2.22. The highest BCUT2D eigenvalue weighted by atomic mass is 16.2. The average Bonchev–Trinajstić information content (AvgIpc) is 2.63. The van der Waals surface area contributed by atoms with Crippen LogP contribution in [0.15, 0.2) is 12.3 Å². The van der Waals surface area contributed by atoms with Crippen molar-refractivity contribution in [1.29, 1.82) is 0 Å². The number of amides is 1. The van der Waals surface area contributed by atoms with E-state index in [2.05, 4.69) is 4.90 Å². The summed E-state index contributed by atoms with van der Waals surface area (Å²) in [6, 6.07) is 1.73. The molecule has 2 N–H and O–H groups in total. The maximum absolute atomic E-state index is 12.3. The number of anilines is 1. The van der Waals surface area contributed by atoms with Gasteiger partial charge >= 0.3 is 0 Å². The molecule has 0 radical (unpaired) electrons. The van der Waals surface area contributed by atoms with E-state index in [0.29, 0.717) is 11.4 Å². The highest BCUT2D eigenvalue weighted by Gasteiger charge is 2.17. The Hall–Kier alpha value is -1.49. The van der Waals surface area contributed by atoms with Crippen molar-refractivity contribution in [2.45, 2.75) is 13.3 Å². The topological polar surface area (TPSA) is 54.5 Å². The van der Waals surface area contributed by atoms with Crippen molar-refractivity contribution >= 4 is 11.6 Å². The Labute approximate surface area is 109 Å². The molecule has 0 aromatic carbocycles. The monoisotopic (exact) mass is 252 g/mol. The lowest BCUT2D eigenvalue weighted by molar-refractivity contribution is 0.0750. The number of hydrogen-bond acceptors (Lipinski definition) is 3. The van der Waals surface area contributed by atoms with Gasteiger partial charge in [-0.1, -0.05) is 0 Å². The van der Waals surface area contributed by atoms with Gasteiger partial charge in [0.05, 0.1) is 5.69 Å². The molecule has 5 nitrogen and oxygen atoms in total. The van der Waals surface area contributed by atoms with E-state index in [4.69, 9.17) is 5.73 Å². The molecule has 18 heavy (non-hydrogen) atoms. The second kappa shape index (κ2) is 6.44. The van der Waals surface area contributed by atoms with Crippen LogP contribution in [0.3, 0.4) is 0 Å². The minimum Gasteiger partial charge on any atom is -0.397 e. The van der Waals surface area contributed by atoms with Crippen LogP contribution in [0, 0.1) is 0 Å². The molecule has 0 aliphatic rings. The summed E-state index contributed by atoms with van der Waals surface area (Å²) in [4.78, 5) is 16.3. The van der Waals surface area contributed by atoms with Crippen LogP contribution in [0.1, 0.15) is 23.8 Å². The lowest BCUT2D eigenvalue weighted by Crippen LogP contribution is -2.34. The Morgan fingerprint density at radius 1 is 1.39 bits per heavy atom. The minimum absolute atomic E-state index is 0.0513. The molecule has 1 rings (SSSR count). The van der Waals surface area contributed by atoms with Gasteiger partial charge < -0.3 is 20.1 Å². The van der Waals surface area contributed by atoms with Crippen LogP contribution in [-0.2, 0) is 7.05 Å². The van der Waals surface area contributed by atoms with Crippen molar-refractivity contribution < 1.29 is 4.79 Å². The van der Waals surface area contributed by atoms with Gasteiger partial charge in [-0.25, -0.2) is 0 Å². The van der Waals surface area contributed by atoms with Gasteiger partial charge in [0.2, 0.25) is 0 Å². The fraction of sp³-hybridized carbons (Fsp3) is 0.615. The number of nitrogens with two attached hydrogens (primary N) is 1. The third-order valence-electron chi connectivity index (χ3n) is 2.95. The van der Waals surface area contributed by atoms with Crippen LogP contribution in [0.25, 0.3) is 0 Å². The van der Waals surface area contributed by atoms with E-state index in [9.17, 15) is 4.79 Å². The van der Waals surface area contributed by atoms with E-state index in [1.54, 1.807) is 16.8 Å². The van der Waals surface area contributed by atoms with Crippen LogP contribution < -0.4 is 5.73 Å². The number of carbonyl (C=O) groups is 1. The first-order valence-corrected chi connectivity index (χ1v) is 6.31. The van der Waals surface area contributed by atoms with Crippen molar-refractivity contribution in [1.82, 2.24) is 14.4 Å². The molecule has 1 aromatic rings. The Morgan fingerprint density at radius 3 is 2.50 bits per heavy atom. The Balaban J connectivity index is 2.65. The van der Waals surface area contributed by atoms with Crippen molar-refractivity contribution in [3.63, 3.8) is 0 Å². The number of aryl methyl sites for hydroxylation is 1. The van der Waals surface area contributed by atoms with Crippen LogP contribution in [0.4, 0.5) is 5.69 Å². The molecule has 0 saturated carbocycles. The molecular weight excluding hydrogens is 228 g/mol. The zero-order valence-electron chi connectivity index (χ0n) is 11.8.